The van der Waals surface area contributed by atoms with Gasteiger partial charge in [0.25, 0.3) is 5.91 Å². The van der Waals surface area contributed by atoms with Gasteiger partial charge in [0.15, 0.2) is 5.78 Å². The first-order valence-corrected chi connectivity index (χ1v) is 9.32. The number of likely N-dealkylation sites (N-methyl/N-ethyl adjacent to an activating group) is 1. The van der Waals surface area contributed by atoms with Crippen molar-refractivity contribution >= 4 is 17.7 Å². The highest BCUT2D eigenvalue weighted by molar-refractivity contribution is 6.07. The Morgan fingerprint density at radius 1 is 1.14 bits per heavy atom. The molecular weight excluding hydrogens is 356 g/mol. The highest BCUT2D eigenvalue weighted by Gasteiger charge is 2.32. The van der Waals surface area contributed by atoms with E-state index in [1.165, 1.54) is 7.11 Å². The number of amides is 1. The van der Waals surface area contributed by atoms with Gasteiger partial charge in [0.1, 0.15) is 5.69 Å². The molecule has 0 saturated heterocycles. The minimum Gasteiger partial charge on any atom is -0.464 e. The maximum Gasteiger partial charge on any atom is 0.354 e. The van der Waals surface area contributed by atoms with Crippen molar-refractivity contribution in [3.63, 3.8) is 0 Å². The lowest BCUT2D eigenvalue weighted by atomic mass is 9.98. The van der Waals surface area contributed by atoms with Crippen LogP contribution in [0.1, 0.15) is 61.9 Å². The van der Waals surface area contributed by atoms with Crippen LogP contribution in [0, 0.1) is 20.8 Å². The van der Waals surface area contributed by atoms with E-state index in [0.29, 0.717) is 34.6 Å². The van der Waals surface area contributed by atoms with E-state index in [-0.39, 0.29) is 11.7 Å². The monoisotopic (exact) mass is 384 g/mol. The molecule has 0 unspecified atom stereocenters. The lowest BCUT2D eigenvalue weighted by molar-refractivity contribution is 0.0588. The maximum absolute atomic E-state index is 13.3. The minimum absolute atomic E-state index is 0.180. The highest BCUT2D eigenvalue weighted by atomic mass is 16.5. The summed E-state index contributed by atoms with van der Waals surface area (Å²) in [6, 6.07) is 6.67. The van der Waals surface area contributed by atoms with Crippen LogP contribution in [0.5, 0.6) is 0 Å². The molecule has 28 heavy (non-hydrogen) atoms. The van der Waals surface area contributed by atoms with Crippen LogP contribution < -0.4 is 0 Å². The SMILES string of the molecule is CCN(C(=O)c1ccccc1C)[C@@H](C)C(=O)c1c(C)c(C(=O)OC)n(C)c1C. The summed E-state index contributed by atoms with van der Waals surface area (Å²) in [5.41, 5.74) is 3.51. The van der Waals surface area contributed by atoms with Crippen LogP contribution in [0.2, 0.25) is 0 Å². The summed E-state index contributed by atoms with van der Waals surface area (Å²) in [5.74, 6) is -0.858. The molecule has 1 atom stereocenters. The Morgan fingerprint density at radius 2 is 1.75 bits per heavy atom. The van der Waals surface area contributed by atoms with Crippen LogP contribution in [0.4, 0.5) is 0 Å². The number of esters is 1. The summed E-state index contributed by atoms with van der Waals surface area (Å²) in [6.07, 6.45) is 0. The summed E-state index contributed by atoms with van der Waals surface area (Å²) in [6.45, 7) is 9.38. The van der Waals surface area contributed by atoms with Crippen LogP contribution in [-0.2, 0) is 11.8 Å². The molecule has 0 bridgehead atoms. The van der Waals surface area contributed by atoms with E-state index in [1.54, 1.807) is 43.4 Å². The Kier molecular flexibility index (Phi) is 6.44. The normalized spacial score (nSPS) is 11.8. The second-order valence-corrected chi connectivity index (χ2v) is 6.93. The van der Waals surface area contributed by atoms with Gasteiger partial charge in [-0.15, -0.1) is 0 Å². The van der Waals surface area contributed by atoms with Crippen LogP contribution in [0.25, 0.3) is 0 Å². The van der Waals surface area contributed by atoms with Crippen LogP contribution in [0.3, 0.4) is 0 Å². The molecule has 0 aliphatic heterocycles. The van der Waals surface area contributed by atoms with Gasteiger partial charge in [-0.2, -0.15) is 0 Å². The summed E-state index contributed by atoms with van der Waals surface area (Å²) < 4.78 is 6.52. The summed E-state index contributed by atoms with van der Waals surface area (Å²) >= 11 is 0. The fourth-order valence-corrected chi connectivity index (χ4v) is 3.64. The Balaban J connectivity index is 2.44. The number of carbonyl (C=O) groups is 3. The molecule has 0 aliphatic carbocycles. The molecule has 0 saturated carbocycles. The molecule has 0 N–H and O–H groups in total. The third kappa shape index (κ3) is 3.59. The molecule has 0 spiro atoms. The van der Waals surface area contributed by atoms with Crippen LogP contribution in [0.15, 0.2) is 24.3 Å². The lowest BCUT2D eigenvalue weighted by Crippen LogP contribution is -2.43. The molecule has 2 aromatic rings. The van der Waals surface area contributed by atoms with Gasteiger partial charge in [-0.25, -0.2) is 4.79 Å². The van der Waals surface area contributed by atoms with Gasteiger partial charge in [-0.3, -0.25) is 9.59 Å². The number of carbonyl (C=O) groups excluding carboxylic acids is 3. The number of ketones is 1. The molecule has 6 heteroatoms. The highest BCUT2D eigenvalue weighted by Crippen LogP contribution is 2.25. The van der Waals surface area contributed by atoms with E-state index in [9.17, 15) is 14.4 Å². The largest absolute Gasteiger partial charge is 0.464 e. The molecular formula is C22H28N2O4. The smallest absolute Gasteiger partial charge is 0.354 e. The zero-order chi connectivity index (χ0) is 21.2. The Morgan fingerprint density at radius 3 is 2.29 bits per heavy atom. The number of aromatic nitrogens is 1. The first-order valence-electron chi connectivity index (χ1n) is 9.32. The predicted octanol–water partition coefficient (Wildman–Crippen LogP) is 3.47. The van der Waals surface area contributed by atoms with E-state index in [4.69, 9.17) is 4.74 Å². The zero-order valence-electron chi connectivity index (χ0n) is 17.6. The Bertz CT molecular complexity index is 927. The predicted molar refractivity (Wildman–Crippen MR) is 108 cm³/mol. The maximum atomic E-state index is 13.3. The number of benzene rings is 1. The molecule has 2 rings (SSSR count). The Labute approximate surface area is 166 Å². The third-order valence-corrected chi connectivity index (χ3v) is 5.38. The van der Waals surface area contributed by atoms with E-state index < -0.39 is 12.0 Å². The molecule has 1 aromatic carbocycles. The third-order valence-electron chi connectivity index (χ3n) is 5.38. The molecule has 0 aliphatic rings. The number of ether oxygens (including phenoxy) is 1. The van der Waals surface area contributed by atoms with Gasteiger partial charge >= 0.3 is 5.97 Å². The van der Waals surface area contributed by atoms with Gasteiger partial charge in [-0.1, -0.05) is 18.2 Å². The standard InChI is InChI=1S/C22H28N2O4/c1-8-24(21(26)17-12-10-9-11-13(17)2)16(5)20(25)18-14(3)19(22(27)28-7)23(6)15(18)4/h9-12,16H,8H2,1-7H3/t16-/m0/s1. The minimum atomic E-state index is -0.664. The van der Waals surface area contributed by atoms with Gasteiger partial charge in [0.2, 0.25) is 0 Å². The van der Waals surface area contributed by atoms with Crippen molar-refractivity contribution in [3.05, 3.63) is 57.9 Å². The van der Waals surface area contributed by atoms with Gasteiger partial charge < -0.3 is 14.2 Å². The molecule has 1 aromatic heterocycles. The lowest BCUT2D eigenvalue weighted by Gasteiger charge is -2.28. The number of nitrogens with zero attached hydrogens (tertiary/aromatic N) is 2. The molecule has 0 radical (unpaired) electrons. The van der Waals surface area contributed by atoms with Gasteiger partial charge in [0.05, 0.1) is 13.2 Å². The second kappa shape index (κ2) is 8.42. The van der Waals surface area contributed by atoms with Crippen molar-refractivity contribution in [1.82, 2.24) is 9.47 Å². The first kappa shape index (κ1) is 21.4. The van der Waals surface area contributed by atoms with Gasteiger partial charge in [-0.05, 0) is 51.8 Å². The van der Waals surface area contributed by atoms with E-state index in [0.717, 1.165) is 5.56 Å². The van der Waals surface area contributed by atoms with Crippen molar-refractivity contribution in [2.75, 3.05) is 13.7 Å². The van der Waals surface area contributed by atoms with Crippen molar-refractivity contribution in [1.29, 1.82) is 0 Å². The summed E-state index contributed by atoms with van der Waals surface area (Å²) in [7, 11) is 3.04. The van der Waals surface area contributed by atoms with Crippen LogP contribution in [-0.4, -0.2) is 46.8 Å². The number of hydrogen-bond acceptors (Lipinski definition) is 4. The average Bonchev–Trinajstić information content (AvgIpc) is 2.90. The average molecular weight is 384 g/mol. The van der Waals surface area contributed by atoms with E-state index in [2.05, 4.69) is 0 Å². The fourth-order valence-electron chi connectivity index (χ4n) is 3.64. The number of methoxy groups -OCH3 is 1. The summed E-state index contributed by atoms with van der Waals surface area (Å²) in [4.78, 5) is 40.1. The summed E-state index contributed by atoms with van der Waals surface area (Å²) in [5, 5.41) is 0. The number of hydrogen-bond donors (Lipinski definition) is 0. The zero-order valence-corrected chi connectivity index (χ0v) is 17.6. The van der Waals surface area contributed by atoms with Crippen molar-refractivity contribution in [2.24, 2.45) is 7.05 Å². The fraction of sp³-hybridized carbons (Fsp3) is 0.409. The molecule has 1 amide bonds. The second-order valence-electron chi connectivity index (χ2n) is 6.93. The van der Waals surface area contributed by atoms with E-state index >= 15 is 0 Å². The molecule has 150 valence electrons. The number of rotatable bonds is 6. The topological polar surface area (TPSA) is 68.6 Å². The van der Waals surface area contributed by atoms with Crippen molar-refractivity contribution in [3.8, 4) is 0 Å². The van der Waals surface area contributed by atoms with Gasteiger partial charge in [0, 0.05) is 30.4 Å². The van der Waals surface area contributed by atoms with E-state index in [1.807, 2.05) is 32.0 Å². The number of Topliss-reactive ketones (excluding diaryl/α,β-unsaturated/α-hetero) is 1. The molecule has 6 nitrogen and oxygen atoms in total. The van der Waals surface area contributed by atoms with Crippen molar-refractivity contribution in [2.45, 2.75) is 40.7 Å². The first-order chi connectivity index (χ1) is 13.2. The van der Waals surface area contributed by atoms with Crippen LogP contribution >= 0.6 is 0 Å². The molecule has 1 heterocycles. The van der Waals surface area contributed by atoms with Crippen molar-refractivity contribution < 1.29 is 19.1 Å². The Hall–Kier alpha value is -2.89. The quantitative estimate of drug-likeness (QED) is 0.565. The number of aryl methyl sites for hydroxylation is 1. The molecule has 0 fully saturated rings.